The summed E-state index contributed by atoms with van der Waals surface area (Å²) >= 11 is 12.5. The average molecular weight is 617 g/mol. The monoisotopic (exact) mass is 615 g/mol. The predicted octanol–water partition coefficient (Wildman–Crippen LogP) is 5.17. The quantitative estimate of drug-likeness (QED) is 0.199. The molecule has 0 fully saturated rings. The number of aromatic amines is 1. The van der Waals surface area contributed by atoms with Crippen molar-refractivity contribution in [1.29, 1.82) is 0 Å². The summed E-state index contributed by atoms with van der Waals surface area (Å²) in [6, 6.07) is 19.9. The van der Waals surface area contributed by atoms with Gasteiger partial charge in [0.2, 0.25) is 0 Å². The third kappa shape index (κ3) is 6.05. The lowest BCUT2D eigenvalue weighted by Gasteiger charge is -2.11. The lowest BCUT2D eigenvalue weighted by atomic mass is 10.2. The van der Waals surface area contributed by atoms with Gasteiger partial charge in [-0.25, -0.2) is 27.3 Å². The maximum absolute atomic E-state index is 13.2. The fourth-order valence-corrected chi connectivity index (χ4v) is 6.35. The van der Waals surface area contributed by atoms with E-state index >= 15 is 0 Å². The first-order valence-corrected chi connectivity index (χ1v) is 14.6. The summed E-state index contributed by atoms with van der Waals surface area (Å²) in [7, 11) is -4.09. The molecule has 0 spiro atoms. The Bertz CT molecular complexity index is 1950. The number of halogens is 2. The summed E-state index contributed by atoms with van der Waals surface area (Å²) in [4.78, 5) is 41.0. The maximum atomic E-state index is 13.2. The van der Waals surface area contributed by atoms with Gasteiger partial charge in [0.15, 0.2) is 0 Å². The molecule has 14 heteroatoms. The van der Waals surface area contributed by atoms with E-state index < -0.39 is 27.3 Å². The largest absolute Gasteiger partial charge is 0.381 e. The standard InChI is InChI=1S/C26H19Cl2N5O5S2/c27-16-3-1-15(2-4-16)14-29-18-7-10-20-21(13-18)31-26(36)33(24(20)34)19-8-5-17(6-9-19)30-25(35)32-40(37,38)23-12-11-22(28)39-23/h1-13,29H,14H2,(H,31,36)(H2,30,32,35). The van der Waals surface area contributed by atoms with Crippen molar-refractivity contribution in [1.82, 2.24) is 14.3 Å². The molecule has 0 bridgehead atoms. The normalized spacial score (nSPS) is 11.3. The van der Waals surface area contributed by atoms with Gasteiger partial charge in [-0.05, 0) is 72.3 Å². The molecule has 0 aliphatic heterocycles. The lowest BCUT2D eigenvalue weighted by molar-refractivity contribution is 0.256. The summed E-state index contributed by atoms with van der Waals surface area (Å²) in [5, 5.41) is 6.60. The van der Waals surface area contributed by atoms with E-state index in [1.165, 1.54) is 36.4 Å². The Morgan fingerprint density at radius 3 is 2.27 bits per heavy atom. The molecule has 0 saturated heterocycles. The lowest BCUT2D eigenvalue weighted by Crippen LogP contribution is -2.34. The van der Waals surface area contributed by atoms with Crippen molar-refractivity contribution in [3.8, 4) is 5.69 Å². The molecule has 5 aromatic rings. The first kappa shape index (κ1) is 27.5. The van der Waals surface area contributed by atoms with E-state index in [-0.39, 0.29) is 19.9 Å². The Hall–Kier alpha value is -4.10. The van der Waals surface area contributed by atoms with Crippen LogP contribution in [0.3, 0.4) is 0 Å². The highest BCUT2D eigenvalue weighted by atomic mass is 35.5. The van der Waals surface area contributed by atoms with Gasteiger partial charge < -0.3 is 15.6 Å². The second-order valence-electron chi connectivity index (χ2n) is 8.48. The van der Waals surface area contributed by atoms with Crippen molar-refractivity contribution in [3.05, 3.63) is 115 Å². The number of hydrogen-bond donors (Lipinski definition) is 4. The second-order valence-corrected chi connectivity index (χ2v) is 12.5. The fraction of sp³-hybridized carbons (Fsp3) is 0.0385. The van der Waals surface area contributed by atoms with Crippen LogP contribution in [0.15, 0.2) is 92.7 Å². The first-order chi connectivity index (χ1) is 19.1. The molecular formula is C26H19Cl2N5O5S2. The van der Waals surface area contributed by atoms with Gasteiger partial charge in [0.05, 0.1) is 20.9 Å². The van der Waals surface area contributed by atoms with Gasteiger partial charge in [-0.15, -0.1) is 11.3 Å². The van der Waals surface area contributed by atoms with Gasteiger partial charge in [0.1, 0.15) is 4.21 Å². The van der Waals surface area contributed by atoms with Crippen molar-refractivity contribution in [2.75, 3.05) is 10.6 Å². The number of hydrogen-bond acceptors (Lipinski definition) is 7. The average Bonchev–Trinajstić information content (AvgIpc) is 3.36. The van der Waals surface area contributed by atoms with Crippen LogP contribution in [0, 0.1) is 0 Å². The summed E-state index contributed by atoms with van der Waals surface area (Å²) in [6.07, 6.45) is 0. The minimum absolute atomic E-state index is 0.109. The number of urea groups is 1. The van der Waals surface area contributed by atoms with Gasteiger partial charge in [-0.2, -0.15) is 0 Å². The number of anilines is 2. The number of nitrogens with zero attached hydrogens (tertiary/aromatic N) is 1. The van der Waals surface area contributed by atoms with Crippen LogP contribution in [0.2, 0.25) is 9.36 Å². The molecule has 0 radical (unpaired) electrons. The molecule has 2 heterocycles. The van der Waals surface area contributed by atoms with Crippen LogP contribution in [0.5, 0.6) is 0 Å². The molecule has 40 heavy (non-hydrogen) atoms. The van der Waals surface area contributed by atoms with Crippen LogP contribution in [-0.2, 0) is 16.6 Å². The van der Waals surface area contributed by atoms with Crippen molar-refractivity contribution in [3.63, 3.8) is 0 Å². The number of fused-ring (bicyclic) bond motifs is 1. The summed E-state index contributed by atoms with van der Waals surface area (Å²) < 4.78 is 27.6. The molecule has 10 nitrogen and oxygen atoms in total. The Labute approximate surface area is 241 Å². The predicted molar refractivity (Wildman–Crippen MR) is 158 cm³/mol. The minimum Gasteiger partial charge on any atom is -0.381 e. The van der Waals surface area contributed by atoms with E-state index in [4.69, 9.17) is 23.2 Å². The highest BCUT2D eigenvalue weighted by Gasteiger charge is 2.20. The number of carbonyl (C=O) groups is 1. The molecule has 5 rings (SSSR count). The van der Waals surface area contributed by atoms with Gasteiger partial charge >= 0.3 is 11.7 Å². The van der Waals surface area contributed by atoms with Crippen LogP contribution >= 0.6 is 34.5 Å². The number of amides is 2. The van der Waals surface area contributed by atoms with Crippen LogP contribution in [0.4, 0.5) is 16.2 Å². The molecule has 0 atom stereocenters. The molecule has 0 aliphatic carbocycles. The molecular weight excluding hydrogens is 597 g/mol. The second kappa shape index (κ2) is 11.2. The number of benzene rings is 3. The van der Waals surface area contributed by atoms with Crippen molar-refractivity contribution < 1.29 is 13.2 Å². The number of H-pyrrole nitrogens is 1. The minimum atomic E-state index is -4.09. The molecule has 3 aromatic carbocycles. The van der Waals surface area contributed by atoms with E-state index in [9.17, 15) is 22.8 Å². The highest BCUT2D eigenvalue weighted by Crippen LogP contribution is 2.25. The van der Waals surface area contributed by atoms with Gasteiger partial charge in [-0.3, -0.25) is 4.79 Å². The Morgan fingerprint density at radius 1 is 0.900 bits per heavy atom. The zero-order chi connectivity index (χ0) is 28.4. The number of nitrogens with one attached hydrogen (secondary N) is 4. The van der Waals surface area contributed by atoms with E-state index in [1.54, 1.807) is 30.3 Å². The third-order valence-corrected chi connectivity index (χ3v) is 9.04. The molecule has 0 saturated carbocycles. The number of sulfonamides is 1. The number of aromatic nitrogens is 2. The van der Waals surface area contributed by atoms with Crippen molar-refractivity contribution in [2.24, 2.45) is 0 Å². The first-order valence-electron chi connectivity index (χ1n) is 11.6. The van der Waals surface area contributed by atoms with E-state index in [2.05, 4.69) is 15.6 Å². The molecule has 2 aromatic heterocycles. The zero-order valence-electron chi connectivity index (χ0n) is 20.3. The summed E-state index contributed by atoms with van der Waals surface area (Å²) in [5.41, 5.74) is 1.42. The number of carbonyl (C=O) groups excluding carboxylic acids is 1. The SMILES string of the molecule is O=C(Nc1ccc(-n2c(=O)[nH]c3cc(NCc4ccc(Cl)cc4)ccc3c2=O)cc1)NS(=O)(=O)c1ccc(Cl)s1. The zero-order valence-corrected chi connectivity index (χ0v) is 23.4. The Morgan fingerprint density at radius 2 is 1.60 bits per heavy atom. The van der Waals surface area contributed by atoms with E-state index in [1.807, 2.05) is 16.9 Å². The molecule has 0 unspecified atom stereocenters. The molecule has 4 N–H and O–H groups in total. The third-order valence-electron chi connectivity index (χ3n) is 5.73. The smallest absolute Gasteiger partial charge is 0.333 e. The Kier molecular flexibility index (Phi) is 7.68. The van der Waals surface area contributed by atoms with Gasteiger partial charge in [0, 0.05) is 22.9 Å². The fourth-order valence-electron chi connectivity index (χ4n) is 3.83. The Balaban J connectivity index is 1.31. The highest BCUT2D eigenvalue weighted by molar-refractivity contribution is 7.92. The van der Waals surface area contributed by atoms with Crippen molar-refractivity contribution in [2.45, 2.75) is 10.8 Å². The van der Waals surface area contributed by atoms with Gasteiger partial charge in [0.25, 0.3) is 15.6 Å². The number of thiophene rings is 1. The molecule has 0 aliphatic rings. The van der Waals surface area contributed by atoms with Crippen molar-refractivity contribution >= 4 is 72.9 Å². The van der Waals surface area contributed by atoms with Crippen LogP contribution in [0.1, 0.15) is 5.56 Å². The van der Waals surface area contributed by atoms with Crippen LogP contribution in [-0.4, -0.2) is 24.0 Å². The van der Waals surface area contributed by atoms with Crippen LogP contribution < -0.4 is 26.6 Å². The summed E-state index contributed by atoms with van der Waals surface area (Å²) in [5.74, 6) is 0. The van der Waals surface area contributed by atoms with E-state index in [0.29, 0.717) is 28.2 Å². The number of rotatable bonds is 7. The summed E-state index contributed by atoms with van der Waals surface area (Å²) in [6.45, 7) is 0.524. The molecule has 2 amide bonds. The van der Waals surface area contributed by atoms with Crippen LogP contribution in [0.25, 0.3) is 16.6 Å². The molecule has 204 valence electrons. The van der Waals surface area contributed by atoms with Gasteiger partial charge in [-0.1, -0.05) is 35.3 Å². The van der Waals surface area contributed by atoms with E-state index in [0.717, 1.165) is 21.5 Å². The maximum Gasteiger partial charge on any atom is 0.333 e. The topological polar surface area (TPSA) is 142 Å².